The van der Waals surface area contributed by atoms with E-state index in [1.165, 1.54) is 0 Å². The maximum Gasteiger partial charge on any atom is 0.416 e. The van der Waals surface area contributed by atoms with Gasteiger partial charge in [0.1, 0.15) is 0 Å². The van der Waals surface area contributed by atoms with E-state index in [4.69, 9.17) is 5.73 Å². The van der Waals surface area contributed by atoms with Crippen LogP contribution in [0, 0.1) is 0 Å². The Labute approximate surface area is 120 Å². The van der Waals surface area contributed by atoms with Gasteiger partial charge in [-0.2, -0.15) is 13.2 Å². The van der Waals surface area contributed by atoms with Gasteiger partial charge in [0.05, 0.1) is 6.04 Å². The Morgan fingerprint density at radius 3 is 2.38 bits per heavy atom. The van der Waals surface area contributed by atoms with E-state index in [0.717, 1.165) is 22.3 Å². The molecule has 0 saturated heterocycles. The maximum atomic E-state index is 12.5. The molecule has 110 valence electrons. The highest BCUT2D eigenvalue weighted by Gasteiger charge is 2.42. The third-order valence-corrected chi connectivity index (χ3v) is 3.88. The van der Waals surface area contributed by atoms with Crippen molar-refractivity contribution in [2.24, 2.45) is 5.73 Å². The molecular formula is C16H14F3NO. The Hall–Kier alpha value is -1.85. The molecule has 0 heterocycles. The van der Waals surface area contributed by atoms with Crippen molar-refractivity contribution in [3.05, 3.63) is 59.2 Å². The normalized spacial score (nSPS) is 16.2. The molecule has 0 saturated carbocycles. The summed E-state index contributed by atoms with van der Waals surface area (Å²) >= 11 is 0. The van der Waals surface area contributed by atoms with Gasteiger partial charge in [-0.25, -0.2) is 0 Å². The van der Waals surface area contributed by atoms with E-state index < -0.39 is 18.3 Å². The summed E-state index contributed by atoms with van der Waals surface area (Å²) in [6, 6.07) is 11.4. The first-order valence-corrected chi connectivity index (χ1v) is 6.59. The molecule has 1 aliphatic carbocycles. The van der Waals surface area contributed by atoms with E-state index in [0.29, 0.717) is 12.0 Å². The lowest BCUT2D eigenvalue weighted by atomic mass is 9.97. The van der Waals surface area contributed by atoms with Gasteiger partial charge in [0.2, 0.25) is 0 Å². The molecule has 1 aliphatic rings. The van der Waals surface area contributed by atoms with E-state index in [1.807, 2.05) is 24.3 Å². The van der Waals surface area contributed by atoms with Gasteiger partial charge in [0, 0.05) is 0 Å². The summed E-state index contributed by atoms with van der Waals surface area (Å²) in [5, 5.41) is 9.28. The van der Waals surface area contributed by atoms with Crippen LogP contribution in [0.2, 0.25) is 0 Å². The minimum Gasteiger partial charge on any atom is -0.382 e. The van der Waals surface area contributed by atoms with Gasteiger partial charge in [-0.05, 0) is 34.2 Å². The van der Waals surface area contributed by atoms with Crippen molar-refractivity contribution in [3.63, 3.8) is 0 Å². The zero-order chi connectivity index (χ0) is 15.2. The number of hydrogen-bond donors (Lipinski definition) is 2. The molecule has 2 nitrogen and oxygen atoms in total. The van der Waals surface area contributed by atoms with Crippen molar-refractivity contribution in [2.75, 3.05) is 0 Å². The minimum atomic E-state index is -4.72. The number of alkyl halides is 3. The maximum absolute atomic E-state index is 12.5. The molecule has 0 spiro atoms. The number of nitrogens with two attached hydrogens (primary N) is 1. The molecule has 0 bridgehead atoms. The van der Waals surface area contributed by atoms with Gasteiger partial charge in [0.15, 0.2) is 6.10 Å². The molecule has 0 amide bonds. The lowest BCUT2D eigenvalue weighted by molar-refractivity contribution is -0.210. The Morgan fingerprint density at radius 1 is 1.00 bits per heavy atom. The SMILES string of the molecule is N[C@H](c1ccc2c(c1)Cc1ccccc1-2)[C@@H](O)C(F)(F)F. The molecule has 0 unspecified atom stereocenters. The number of fused-ring (bicyclic) bond motifs is 3. The van der Waals surface area contributed by atoms with Crippen LogP contribution in [0.4, 0.5) is 13.2 Å². The topological polar surface area (TPSA) is 46.2 Å². The van der Waals surface area contributed by atoms with Crippen LogP contribution in [-0.2, 0) is 6.42 Å². The van der Waals surface area contributed by atoms with Crippen molar-refractivity contribution in [2.45, 2.75) is 24.7 Å². The van der Waals surface area contributed by atoms with Gasteiger partial charge in [-0.15, -0.1) is 0 Å². The third kappa shape index (κ3) is 2.43. The molecule has 2 aromatic rings. The van der Waals surface area contributed by atoms with E-state index in [2.05, 4.69) is 0 Å². The molecule has 0 aliphatic heterocycles. The fourth-order valence-electron chi connectivity index (χ4n) is 2.76. The smallest absolute Gasteiger partial charge is 0.382 e. The van der Waals surface area contributed by atoms with Gasteiger partial charge in [-0.1, -0.05) is 42.5 Å². The number of benzene rings is 2. The Bertz CT molecular complexity index is 681. The first kappa shape index (κ1) is 14.1. The van der Waals surface area contributed by atoms with Crippen LogP contribution in [-0.4, -0.2) is 17.4 Å². The lowest BCUT2D eigenvalue weighted by Crippen LogP contribution is -2.38. The van der Waals surface area contributed by atoms with Gasteiger partial charge < -0.3 is 10.8 Å². The van der Waals surface area contributed by atoms with Crippen molar-refractivity contribution in [3.8, 4) is 11.1 Å². The van der Waals surface area contributed by atoms with Crippen LogP contribution in [0.15, 0.2) is 42.5 Å². The number of hydrogen-bond acceptors (Lipinski definition) is 2. The van der Waals surface area contributed by atoms with E-state index in [1.54, 1.807) is 18.2 Å². The first-order valence-electron chi connectivity index (χ1n) is 6.59. The number of aliphatic hydroxyl groups is 1. The molecular weight excluding hydrogens is 279 g/mol. The van der Waals surface area contributed by atoms with Crippen molar-refractivity contribution in [1.82, 2.24) is 0 Å². The van der Waals surface area contributed by atoms with Crippen LogP contribution in [0.3, 0.4) is 0 Å². The first-order chi connectivity index (χ1) is 9.88. The second-order valence-corrected chi connectivity index (χ2v) is 5.26. The highest BCUT2D eigenvalue weighted by atomic mass is 19.4. The van der Waals surface area contributed by atoms with Crippen molar-refractivity contribution < 1.29 is 18.3 Å². The largest absolute Gasteiger partial charge is 0.416 e. The van der Waals surface area contributed by atoms with Crippen molar-refractivity contribution in [1.29, 1.82) is 0 Å². The quantitative estimate of drug-likeness (QED) is 0.762. The highest BCUT2D eigenvalue weighted by molar-refractivity contribution is 5.77. The summed E-state index contributed by atoms with van der Waals surface area (Å²) in [5.74, 6) is 0. The average molecular weight is 293 g/mol. The van der Waals surface area contributed by atoms with Crippen LogP contribution in [0.25, 0.3) is 11.1 Å². The summed E-state index contributed by atoms with van der Waals surface area (Å²) in [7, 11) is 0. The van der Waals surface area contributed by atoms with Crippen LogP contribution in [0.1, 0.15) is 22.7 Å². The molecule has 0 aromatic heterocycles. The van der Waals surface area contributed by atoms with Gasteiger partial charge in [0.25, 0.3) is 0 Å². The number of halogens is 3. The van der Waals surface area contributed by atoms with Crippen LogP contribution >= 0.6 is 0 Å². The second-order valence-electron chi connectivity index (χ2n) is 5.26. The Morgan fingerprint density at radius 2 is 1.67 bits per heavy atom. The number of aliphatic hydroxyl groups excluding tert-OH is 1. The van der Waals surface area contributed by atoms with E-state index in [9.17, 15) is 18.3 Å². The van der Waals surface area contributed by atoms with Gasteiger partial charge in [-0.3, -0.25) is 0 Å². The molecule has 5 heteroatoms. The third-order valence-electron chi connectivity index (χ3n) is 3.88. The summed E-state index contributed by atoms with van der Waals surface area (Å²) in [4.78, 5) is 0. The average Bonchev–Trinajstić information content (AvgIpc) is 2.82. The van der Waals surface area contributed by atoms with Crippen LogP contribution < -0.4 is 5.73 Å². The fraction of sp³-hybridized carbons (Fsp3) is 0.250. The predicted octanol–water partition coefficient (Wildman–Crippen LogP) is 3.18. The summed E-state index contributed by atoms with van der Waals surface area (Å²) < 4.78 is 37.6. The molecule has 3 N–H and O–H groups in total. The van der Waals surface area contributed by atoms with E-state index in [-0.39, 0.29) is 0 Å². The summed E-state index contributed by atoms with van der Waals surface area (Å²) in [6.45, 7) is 0. The molecule has 2 atom stereocenters. The van der Waals surface area contributed by atoms with E-state index >= 15 is 0 Å². The number of rotatable bonds is 2. The Balaban J connectivity index is 1.94. The minimum absolute atomic E-state index is 0.298. The molecule has 3 rings (SSSR count). The summed E-state index contributed by atoms with van der Waals surface area (Å²) in [6.07, 6.45) is -6.60. The zero-order valence-electron chi connectivity index (χ0n) is 11.1. The Kier molecular flexibility index (Phi) is 3.26. The fourth-order valence-corrected chi connectivity index (χ4v) is 2.76. The molecule has 0 radical (unpaired) electrons. The molecule has 2 aromatic carbocycles. The zero-order valence-corrected chi connectivity index (χ0v) is 11.1. The second kappa shape index (κ2) is 4.86. The highest BCUT2D eigenvalue weighted by Crippen LogP contribution is 2.38. The lowest BCUT2D eigenvalue weighted by Gasteiger charge is -2.22. The molecule has 0 fully saturated rings. The molecule has 21 heavy (non-hydrogen) atoms. The standard InChI is InChI=1S/C16H14F3NO/c17-16(18,19)15(21)14(20)10-5-6-13-11(8-10)7-9-3-1-2-4-12(9)13/h1-6,8,14-15,21H,7,20H2/t14-,15-/m1/s1. The predicted molar refractivity (Wildman–Crippen MR) is 73.7 cm³/mol. The monoisotopic (exact) mass is 293 g/mol. The summed E-state index contributed by atoms with van der Waals surface area (Å²) in [5.41, 5.74) is 10.1. The van der Waals surface area contributed by atoms with Crippen molar-refractivity contribution >= 4 is 0 Å². The van der Waals surface area contributed by atoms with Gasteiger partial charge >= 0.3 is 6.18 Å². The van der Waals surface area contributed by atoms with Crippen LogP contribution in [0.5, 0.6) is 0 Å².